The highest BCUT2D eigenvalue weighted by atomic mass is 35.5. The highest BCUT2D eigenvalue weighted by Crippen LogP contribution is 2.33. The zero-order chi connectivity index (χ0) is 14.4. The fraction of sp³-hybridized carbons (Fsp3) is 0.0625. The lowest BCUT2D eigenvalue weighted by Gasteiger charge is -2.05. The van der Waals surface area contributed by atoms with Gasteiger partial charge in [0.25, 0.3) is 0 Å². The van der Waals surface area contributed by atoms with Crippen molar-refractivity contribution < 1.29 is 9.52 Å². The third-order valence-electron chi connectivity index (χ3n) is 3.54. The van der Waals surface area contributed by atoms with Crippen LogP contribution in [-0.4, -0.2) is 14.7 Å². The van der Waals surface area contributed by atoms with Gasteiger partial charge in [-0.05, 0) is 24.3 Å². The lowest BCUT2D eigenvalue weighted by atomic mass is 10.1. The first-order valence-corrected chi connectivity index (χ1v) is 6.90. The Balaban J connectivity index is 1.86. The van der Waals surface area contributed by atoms with Crippen LogP contribution >= 0.6 is 11.6 Å². The summed E-state index contributed by atoms with van der Waals surface area (Å²) < 4.78 is 7.43. The Morgan fingerprint density at radius 3 is 2.95 bits per heavy atom. The molecule has 1 aromatic carbocycles. The van der Waals surface area contributed by atoms with Crippen LogP contribution in [0.2, 0.25) is 5.02 Å². The van der Waals surface area contributed by atoms with E-state index in [2.05, 4.69) is 5.10 Å². The minimum atomic E-state index is -0.881. The molecular formula is C16H11ClN2O2. The lowest BCUT2D eigenvalue weighted by Crippen LogP contribution is -1.97. The first kappa shape index (κ1) is 12.4. The molecule has 104 valence electrons. The summed E-state index contributed by atoms with van der Waals surface area (Å²) in [6.07, 6.45) is 2.60. The minimum Gasteiger partial charge on any atom is -0.456 e. The van der Waals surface area contributed by atoms with Crippen LogP contribution in [0.5, 0.6) is 0 Å². The van der Waals surface area contributed by atoms with Crippen LogP contribution in [-0.2, 0) is 0 Å². The maximum Gasteiger partial charge on any atom is 0.153 e. The van der Waals surface area contributed by atoms with Gasteiger partial charge in [-0.3, -0.25) is 0 Å². The SMILES string of the molecule is OC(c1cc2cccc(Cl)c2o1)c1cnn2ccccc12. The monoisotopic (exact) mass is 298 g/mol. The number of aliphatic hydroxyl groups excluding tert-OH is 1. The number of rotatable bonds is 2. The molecule has 0 amide bonds. The largest absolute Gasteiger partial charge is 0.456 e. The molecule has 21 heavy (non-hydrogen) atoms. The van der Waals surface area contributed by atoms with E-state index in [-0.39, 0.29) is 0 Å². The first-order chi connectivity index (χ1) is 10.2. The van der Waals surface area contributed by atoms with Gasteiger partial charge in [-0.15, -0.1) is 0 Å². The van der Waals surface area contributed by atoms with Crippen molar-refractivity contribution in [2.45, 2.75) is 6.10 Å². The van der Waals surface area contributed by atoms with Gasteiger partial charge < -0.3 is 9.52 Å². The topological polar surface area (TPSA) is 50.7 Å². The predicted molar refractivity (Wildman–Crippen MR) is 80.5 cm³/mol. The number of furan rings is 1. The third kappa shape index (κ3) is 1.92. The average molecular weight is 299 g/mol. The van der Waals surface area contributed by atoms with Crippen molar-refractivity contribution in [1.29, 1.82) is 0 Å². The van der Waals surface area contributed by atoms with Crippen molar-refractivity contribution in [3.63, 3.8) is 0 Å². The zero-order valence-corrected chi connectivity index (χ0v) is 11.7. The Morgan fingerprint density at radius 2 is 2.10 bits per heavy atom. The van der Waals surface area contributed by atoms with E-state index in [0.717, 1.165) is 10.9 Å². The smallest absolute Gasteiger partial charge is 0.153 e. The van der Waals surface area contributed by atoms with Crippen LogP contribution in [0.4, 0.5) is 0 Å². The molecule has 4 rings (SSSR count). The van der Waals surface area contributed by atoms with Crippen molar-refractivity contribution in [2.24, 2.45) is 0 Å². The van der Waals surface area contributed by atoms with Gasteiger partial charge in [0.1, 0.15) is 11.9 Å². The lowest BCUT2D eigenvalue weighted by molar-refractivity contribution is 0.193. The van der Waals surface area contributed by atoms with Gasteiger partial charge in [-0.1, -0.05) is 29.8 Å². The summed E-state index contributed by atoms with van der Waals surface area (Å²) >= 11 is 6.10. The van der Waals surface area contributed by atoms with Gasteiger partial charge in [0, 0.05) is 17.1 Å². The second kappa shape index (κ2) is 4.62. The number of benzene rings is 1. The van der Waals surface area contributed by atoms with Gasteiger partial charge in [-0.2, -0.15) is 5.10 Å². The molecule has 1 unspecified atom stereocenters. The molecule has 0 saturated heterocycles. The molecule has 0 spiro atoms. The van der Waals surface area contributed by atoms with E-state index in [1.54, 1.807) is 22.8 Å². The number of halogens is 1. The molecule has 0 aliphatic rings. The Bertz CT molecular complexity index is 942. The van der Waals surface area contributed by atoms with E-state index in [9.17, 15) is 5.11 Å². The number of hydrogen-bond donors (Lipinski definition) is 1. The Morgan fingerprint density at radius 1 is 1.19 bits per heavy atom. The van der Waals surface area contributed by atoms with Crippen LogP contribution in [0, 0.1) is 0 Å². The van der Waals surface area contributed by atoms with E-state index in [0.29, 0.717) is 21.9 Å². The second-order valence-electron chi connectivity index (χ2n) is 4.84. The van der Waals surface area contributed by atoms with E-state index < -0.39 is 6.10 Å². The number of aromatic nitrogens is 2. The number of pyridine rings is 1. The van der Waals surface area contributed by atoms with E-state index in [4.69, 9.17) is 16.0 Å². The molecular weight excluding hydrogens is 288 g/mol. The van der Waals surface area contributed by atoms with Crippen LogP contribution in [0.3, 0.4) is 0 Å². The highest BCUT2D eigenvalue weighted by Gasteiger charge is 2.20. The first-order valence-electron chi connectivity index (χ1n) is 6.52. The van der Waals surface area contributed by atoms with Crippen LogP contribution in [0.25, 0.3) is 16.5 Å². The van der Waals surface area contributed by atoms with Gasteiger partial charge in [0.2, 0.25) is 0 Å². The summed E-state index contributed by atoms with van der Waals surface area (Å²) in [5.41, 5.74) is 2.13. The van der Waals surface area contributed by atoms with E-state index >= 15 is 0 Å². The van der Waals surface area contributed by atoms with Gasteiger partial charge >= 0.3 is 0 Å². The van der Waals surface area contributed by atoms with Crippen molar-refractivity contribution in [3.05, 3.63) is 71.2 Å². The summed E-state index contributed by atoms with van der Waals surface area (Å²) in [5.74, 6) is 0.455. The normalized spacial score (nSPS) is 13.0. The molecule has 0 radical (unpaired) electrons. The maximum atomic E-state index is 10.6. The maximum absolute atomic E-state index is 10.6. The standard InChI is InChI=1S/C16H11ClN2O2/c17-12-5-3-4-10-8-14(21-16(10)12)15(20)11-9-18-19-7-2-1-6-13(11)19/h1-9,15,20H. The van der Waals surface area contributed by atoms with Crippen LogP contribution in [0.15, 0.2) is 59.3 Å². The van der Waals surface area contributed by atoms with E-state index in [1.165, 1.54) is 0 Å². The summed E-state index contributed by atoms with van der Waals surface area (Å²) in [6, 6.07) is 13.0. The van der Waals surface area contributed by atoms with Crippen molar-refractivity contribution >= 4 is 28.1 Å². The highest BCUT2D eigenvalue weighted by molar-refractivity contribution is 6.34. The van der Waals surface area contributed by atoms with Gasteiger partial charge in [0.15, 0.2) is 5.58 Å². The quantitative estimate of drug-likeness (QED) is 0.612. The van der Waals surface area contributed by atoms with Crippen molar-refractivity contribution in [3.8, 4) is 0 Å². The molecule has 4 aromatic rings. The number of fused-ring (bicyclic) bond motifs is 2. The molecule has 0 bridgehead atoms. The molecule has 0 aliphatic carbocycles. The minimum absolute atomic E-state index is 0.455. The fourth-order valence-corrected chi connectivity index (χ4v) is 2.72. The van der Waals surface area contributed by atoms with Gasteiger partial charge in [0.05, 0.1) is 16.7 Å². The third-order valence-corrected chi connectivity index (χ3v) is 3.83. The molecule has 1 N–H and O–H groups in total. The molecule has 0 saturated carbocycles. The Labute approximate surface area is 125 Å². The summed E-state index contributed by atoms with van der Waals surface area (Å²) in [5, 5.41) is 16.2. The number of para-hydroxylation sites is 1. The molecule has 3 heterocycles. The molecule has 4 nitrogen and oxygen atoms in total. The van der Waals surface area contributed by atoms with Gasteiger partial charge in [-0.25, -0.2) is 4.52 Å². The fourth-order valence-electron chi connectivity index (χ4n) is 2.50. The number of aliphatic hydroxyl groups is 1. The second-order valence-corrected chi connectivity index (χ2v) is 5.25. The zero-order valence-electron chi connectivity index (χ0n) is 10.9. The molecule has 5 heteroatoms. The summed E-state index contributed by atoms with van der Waals surface area (Å²) in [6.45, 7) is 0. The van der Waals surface area contributed by atoms with Crippen molar-refractivity contribution in [1.82, 2.24) is 9.61 Å². The summed E-state index contributed by atoms with van der Waals surface area (Å²) in [4.78, 5) is 0. The molecule has 1 atom stereocenters. The predicted octanol–water partition coefficient (Wildman–Crippen LogP) is 3.82. The summed E-state index contributed by atoms with van der Waals surface area (Å²) in [7, 11) is 0. The van der Waals surface area contributed by atoms with Crippen LogP contribution in [0.1, 0.15) is 17.4 Å². The van der Waals surface area contributed by atoms with Crippen molar-refractivity contribution in [2.75, 3.05) is 0 Å². The van der Waals surface area contributed by atoms with E-state index in [1.807, 2.05) is 36.5 Å². The molecule has 3 aromatic heterocycles. The Kier molecular flexibility index (Phi) is 2.74. The Hall–Kier alpha value is -2.30. The molecule has 0 aliphatic heterocycles. The molecule has 0 fully saturated rings. The number of hydrogen-bond acceptors (Lipinski definition) is 3. The number of nitrogens with zero attached hydrogens (tertiary/aromatic N) is 2. The van der Waals surface area contributed by atoms with Crippen LogP contribution < -0.4 is 0 Å². The average Bonchev–Trinajstić information content (AvgIpc) is 3.11.